The van der Waals surface area contributed by atoms with Gasteiger partial charge >= 0.3 is 0 Å². The van der Waals surface area contributed by atoms with Crippen molar-refractivity contribution in [3.05, 3.63) is 94.1 Å². The van der Waals surface area contributed by atoms with Gasteiger partial charge in [-0.1, -0.05) is 59.6 Å². The molecule has 11 heteroatoms. The molecule has 3 aromatic carbocycles. The predicted octanol–water partition coefficient (Wildman–Crippen LogP) is 5.64. The lowest BCUT2D eigenvalue weighted by atomic mass is 10.1. The van der Waals surface area contributed by atoms with Gasteiger partial charge in [0.2, 0.25) is 0 Å². The third kappa shape index (κ3) is 7.12. The molecule has 0 saturated carbocycles. The molecule has 41 heavy (non-hydrogen) atoms. The van der Waals surface area contributed by atoms with Crippen molar-refractivity contribution in [2.45, 2.75) is 25.4 Å². The van der Waals surface area contributed by atoms with E-state index in [1.165, 1.54) is 4.31 Å². The van der Waals surface area contributed by atoms with Crippen LogP contribution in [0.2, 0.25) is 10.0 Å². The predicted molar refractivity (Wildman–Crippen MR) is 165 cm³/mol. The van der Waals surface area contributed by atoms with Crippen molar-refractivity contribution in [1.29, 1.82) is 0 Å². The summed E-state index contributed by atoms with van der Waals surface area (Å²) in [5, 5.41) is 1.04. The molecular weight excluding hydrogens is 581 g/mol. The van der Waals surface area contributed by atoms with Crippen molar-refractivity contribution < 1.29 is 13.2 Å². The second-order valence-electron chi connectivity index (χ2n) is 10.1. The maximum absolute atomic E-state index is 13.2. The highest BCUT2D eigenvalue weighted by Crippen LogP contribution is 2.28. The average Bonchev–Trinajstić information content (AvgIpc) is 3.62. The van der Waals surface area contributed by atoms with E-state index in [1.54, 1.807) is 20.2 Å². The van der Waals surface area contributed by atoms with Crippen LogP contribution >= 0.6 is 23.2 Å². The topological polar surface area (TPSA) is 90.6 Å². The lowest BCUT2D eigenvalue weighted by Gasteiger charge is -2.24. The molecular formula is C30H33Cl2N5O3S. The van der Waals surface area contributed by atoms with Crippen LogP contribution in [0.5, 0.6) is 5.75 Å². The summed E-state index contributed by atoms with van der Waals surface area (Å²) >= 11 is 12.2. The van der Waals surface area contributed by atoms with E-state index in [0.717, 1.165) is 52.6 Å². The highest BCUT2D eigenvalue weighted by Gasteiger charge is 2.32. The molecule has 1 aromatic heterocycles. The molecule has 216 valence electrons. The summed E-state index contributed by atoms with van der Waals surface area (Å²) in [6.45, 7) is 2.35. The number of H-pyrrole nitrogens is 1. The van der Waals surface area contributed by atoms with Crippen molar-refractivity contribution >= 4 is 33.4 Å². The second kappa shape index (κ2) is 12.9. The van der Waals surface area contributed by atoms with Gasteiger partial charge in [0.25, 0.3) is 10.2 Å². The second-order valence-corrected chi connectivity index (χ2v) is 12.7. The number of likely N-dealkylation sites (N-methyl/N-ethyl adjacent to an activating group) is 1. The first kappa shape index (κ1) is 29.6. The van der Waals surface area contributed by atoms with E-state index >= 15 is 0 Å². The standard InChI is InChI=1S/C30H33Cl2N5O3S/c1-36(24-15-17-37(20-24)19-21-8-13-26(31)27(32)18-21)41(38,39)33-16-14-28-29(22-9-11-25(40-2)12-10-22)35-30(34-28)23-6-4-3-5-7-23/h3-13,18,24,33H,14-17,19-20H2,1-2H3,(H,34,35). The maximum atomic E-state index is 13.2. The fourth-order valence-corrected chi connectivity index (χ4v) is 6.51. The first-order chi connectivity index (χ1) is 19.7. The molecule has 0 spiro atoms. The molecule has 0 bridgehead atoms. The molecule has 2 N–H and O–H groups in total. The van der Waals surface area contributed by atoms with E-state index in [0.29, 0.717) is 29.6 Å². The molecule has 5 rings (SSSR count). The van der Waals surface area contributed by atoms with Gasteiger partial charge in [0.1, 0.15) is 11.6 Å². The zero-order chi connectivity index (χ0) is 29.0. The Balaban J connectivity index is 1.23. The van der Waals surface area contributed by atoms with Gasteiger partial charge in [0.05, 0.1) is 22.8 Å². The Kier molecular flexibility index (Phi) is 9.33. The van der Waals surface area contributed by atoms with Crippen LogP contribution in [0.15, 0.2) is 72.8 Å². The van der Waals surface area contributed by atoms with E-state index in [-0.39, 0.29) is 12.6 Å². The van der Waals surface area contributed by atoms with Gasteiger partial charge in [-0.25, -0.2) is 9.71 Å². The fraction of sp³-hybridized carbons (Fsp3) is 0.300. The van der Waals surface area contributed by atoms with Crippen LogP contribution in [-0.4, -0.2) is 67.4 Å². The van der Waals surface area contributed by atoms with Crippen LogP contribution in [0.1, 0.15) is 17.7 Å². The quantitative estimate of drug-likeness (QED) is 0.228. The number of likely N-dealkylation sites (tertiary alicyclic amines) is 1. The SMILES string of the molecule is COc1ccc(-c2nc(-c3ccccc3)[nH]c2CCNS(=O)(=O)N(C)C2CCN(Cc3ccc(Cl)c(Cl)c3)C2)cc1. The maximum Gasteiger partial charge on any atom is 0.279 e. The summed E-state index contributed by atoms with van der Waals surface area (Å²) in [7, 11) is -0.417. The fourth-order valence-electron chi connectivity index (χ4n) is 5.06. The van der Waals surface area contributed by atoms with Crippen molar-refractivity contribution in [2.24, 2.45) is 0 Å². The number of aromatic amines is 1. The average molecular weight is 615 g/mol. The van der Waals surface area contributed by atoms with Gasteiger partial charge in [-0.05, 0) is 48.4 Å². The summed E-state index contributed by atoms with van der Waals surface area (Å²) in [6.07, 6.45) is 1.20. The number of rotatable bonds is 11. The number of aromatic nitrogens is 2. The number of benzene rings is 3. The number of hydrogen-bond acceptors (Lipinski definition) is 5. The number of nitrogens with one attached hydrogen (secondary N) is 2. The van der Waals surface area contributed by atoms with Crippen LogP contribution in [0.4, 0.5) is 0 Å². The molecule has 0 radical (unpaired) electrons. The molecule has 1 unspecified atom stereocenters. The molecule has 1 aliphatic rings. The molecule has 4 aromatic rings. The first-order valence-corrected chi connectivity index (χ1v) is 15.6. The minimum atomic E-state index is -3.69. The lowest BCUT2D eigenvalue weighted by molar-refractivity contribution is 0.297. The normalized spacial score (nSPS) is 16.0. The molecule has 1 saturated heterocycles. The third-order valence-electron chi connectivity index (χ3n) is 7.38. The van der Waals surface area contributed by atoms with E-state index in [2.05, 4.69) is 14.6 Å². The van der Waals surface area contributed by atoms with Gasteiger partial charge in [-0.2, -0.15) is 12.7 Å². The number of hydrogen-bond donors (Lipinski definition) is 2. The van der Waals surface area contributed by atoms with Crippen molar-refractivity contribution in [3.63, 3.8) is 0 Å². The third-order valence-corrected chi connectivity index (χ3v) is 9.74. The van der Waals surface area contributed by atoms with Gasteiger partial charge in [-0.15, -0.1) is 0 Å². The number of ether oxygens (including phenoxy) is 1. The molecule has 8 nitrogen and oxygen atoms in total. The Morgan fingerprint density at radius 2 is 1.80 bits per heavy atom. The Labute approximate surface area is 251 Å². The van der Waals surface area contributed by atoms with Crippen LogP contribution < -0.4 is 9.46 Å². The van der Waals surface area contributed by atoms with E-state index in [9.17, 15) is 8.42 Å². The summed E-state index contributed by atoms with van der Waals surface area (Å²) < 4.78 is 36.0. The highest BCUT2D eigenvalue weighted by atomic mass is 35.5. The van der Waals surface area contributed by atoms with Crippen molar-refractivity contribution in [1.82, 2.24) is 23.9 Å². The number of methoxy groups -OCH3 is 1. The summed E-state index contributed by atoms with van der Waals surface area (Å²) in [5.41, 5.74) is 4.57. The van der Waals surface area contributed by atoms with Crippen LogP contribution in [0.25, 0.3) is 22.6 Å². The van der Waals surface area contributed by atoms with Gasteiger partial charge in [0.15, 0.2) is 0 Å². The molecule has 1 fully saturated rings. The number of imidazole rings is 1. The zero-order valence-electron chi connectivity index (χ0n) is 23.0. The number of halogens is 2. The monoisotopic (exact) mass is 613 g/mol. The number of nitrogens with zero attached hydrogens (tertiary/aromatic N) is 3. The van der Waals surface area contributed by atoms with E-state index in [1.807, 2.05) is 66.7 Å². The highest BCUT2D eigenvalue weighted by molar-refractivity contribution is 7.87. The Morgan fingerprint density at radius 1 is 1.05 bits per heavy atom. The zero-order valence-corrected chi connectivity index (χ0v) is 25.3. The summed E-state index contributed by atoms with van der Waals surface area (Å²) in [4.78, 5) is 10.5. The minimum Gasteiger partial charge on any atom is -0.497 e. The lowest BCUT2D eigenvalue weighted by Crippen LogP contribution is -2.45. The van der Waals surface area contributed by atoms with E-state index in [4.69, 9.17) is 32.9 Å². The Morgan fingerprint density at radius 3 is 2.51 bits per heavy atom. The summed E-state index contributed by atoms with van der Waals surface area (Å²) in [5.74, 6) is 1.49. The molecule has 0 aliphatic carbocycles. The largest absolute Gasteiger partial charge is 0.497 e. The van der Waals surface area contributed by atoms with Crippen LogP contribution in [-0.2, 0) is 23.2 Å². The Bertz CT molecular complexity index is 1580. The van der Waals surface area contributed by atoms with Gasteiger partial charge in [-0.3, -0.25) is 4.90 Å². The Hall–Kier alpha value is -2.92. The van der Waals surface area contributed by atoms with Crippen molar-refractivity contribution in [2.75, 3.05) is 33.8 Å². The minimum absolute atomic E-state index is 0.123. The first-order valence-electron chi connectivity index (χ1n) is 13.4. The molecule has 2 heterocycles. The van der Waals surface area contributed by atoms with Crippen LogP contribution in [0.3, 0.4) is 0 Å². The molecule has 0 amide bonds. The molecule has 1 aliphatic heterocycles. The summed E-state index contributed by atoms with van der Waals surface area (Å²) in [6, 6.07) is 23.0. The van der Waals surface area contributed by atoms with Gasteiger partial charge < -0.3 is 9.72 Å². The smallest absolute Gasteiger partial charge is 0.279 e. The molecule has 1 atom stereocenters. The van der Waals surface area contributed by atoms with Crippen LogP contribution in [0, 0.1) is 0 Å². The van der Waals surface area contributed by atoms with E-state index < -0.39 is 10.2 Å². The van der Waals surface area contributed by atoms with Gasteiger partial charge in [0, 0.05) is 62.5 Å². The van der Waals surface area contributed by atoms with Crippen molar-refractivity contribution in [3.8, 4) is 28.4 Å².